The third-order valence-corrected chi connectivity index (χ3v) is 0.848. The van der Waals surface area contributed by atoms with Gasteiger partial charge < -0.3 is 9.90 Å². The van der Waals surface area contributed by atoms with Crippen LogP contribution >= 0.6 is 0 Å². The molecule has 0 heterocycles. The van der Waals surface area contributed by atoms with Crippen molar-refractivity contribution in [2.45, 2.75) is 19.3 Å². The van der Waals surface area contributed by atoms with E-state index in [-0.39, 0.29) is 88.2 Å². The summed E-state index contributed by atoms with van der Waals surface area (Å²) in [5.41, 5.74) is 0. The fraction of sp³-hybridized carbons (Fsp3) is 0.600. The van der Waals surface area contributed by atoms with Gasteiger partial charge >= 0.3 is 74.9 Å². The van der Waals surface area contributed by atoms with E-state index in [1.165, 1.54) is 0 Å². The molecule has 0 bridgehead atoms. The van der Waals surface area contributed by atoms with Crippen LogP contribution in [0.3, 0.4) is 0 Å². The summed E-state index contributed by atoms with van der Waals surface area (Å²) < 4.78 is 10.9. The molecule has 0 N–H and O–H groups in total. The van der Waals surface area contributed by atoms with Crippen molar-refractivity contribution in [2.75, 3.05) is 0 Å². The Morgan fingerprint density at radius 2 is 1.91 bits per heavy atom. The molecule has 0 unspecified atom stereocenters. The van der Waals surface area contributed by atoms with E-state index in [0.717, 1.165) is 0 Å². The maximum Gasteiger partial charge on any atom is 1.00 e. The van der Waals surface area contributed by atoms with Gasteiger partial charge in [-0.15, -0.1) is 0 Å². The zero-order chi connectivity index (χ0) is 7.98. The van der Waals surface area contributed by atoms with E-state index in [1.807, 2.05) is 0 Å². The summed E-state index contributed by atoms with van der Waals surface area (Å²) >= 11 is 0. The molecule has 0 aliphatic heterocycles. The van der Waals surface area contributed by atoms with Crippen LogP contribution in [0, 0.1) is 0 Å². The predicted molar refractivity (Wildman–Crippen MR) is 26.1 cm³/mol. The van der Waals surface area contributed by atoms with Crippen molar-refractivity contribution in [3.05, 3.63) is 0 Å². The van der Waals surface area contributed by atoms with Crippen molar-refractivity contribution in [1.29, 1.82) is 0 Å². The maximum atomic E-state index is 10.9. The molecule has 0 aliphatic rings. The SMILES string of the molecule is O=C([O-])CCCC(=O)OF.[Cs+]. The average molecular weight is 282 g/mol. The van der Waals surface area contributed by atoms with Gasteiger partial charge in [0.1, 0.15) is 0 Å². The van der Waals surface area contributed by atoms with Crippen LogP contribution in [0.4, 0.5) is 4.53 Å². The smallest absolute Gasteiger partial charge is 0.550 e. The van der Waals surface area contributed by atoms with Gasteiger partial charge in [-0.3, -0.25) is 4.94 Å². The van der Waals surface area contributed by atoms with Gasteiger partial charge in [-0.2, -0.15) is 0 Å². The number of carboxylic acids is 1. The average Bonchev–Trinajstić information content (AvgIpc) is 1.87. The largest absolute Gasteiger partial charge is 1.00 e. The monoisotopic (exact) mass is 282 g/mol. The molecule has 0 rings (SSSR count). The van der Waals surface area contributed by atoms with Crippen molar-refractivity contribution in [2.24, 2.45) is 0 Å². The van der Waals surface area contributed by atoms with E-state index in [4.69, 9.17) is 0 Å². The summed E-state index contributed by atoms with van der Waals surface area (Å²) in [6.45, 7) is 0. The van der Waals surface area contributed by atoms with Crippen LogP contribution in [0.2, 0.25) is 0 Å². The zero-order valence-electron chi connectivity index (χ0n) is 6.13. The summed E-state index contributed by atoms with van der Waals surface area (Å²) in [4.78, 5) is 22.5. The molecule has 0 aromatic carbocycles. The topological polar surface area (TPSA) is 66.4 Å². The van der Waals surface area contributed by atoms with E-state index in [9.17, 15) is 19.2 Å². The molecule has 6 heteroatoms. The first kappa shape index (κ1) is 14.4. The second-order valence-electron chi connectivity index (χ2n) is 1.67. The van der Waals surface area contributed by atoms with Crippen molar-refractivity contribution < 1.29 is 93.1 Å². The number of aliphatic carboxylic acids is 1. The van der Waals surface area contributed by atoms with Gasteiger partial charge in [0.25, 0.3) is 0 Å². The first-order valence-corrected chi connectivity index (χ1v) is 2.68. The first-order valence-electron chi connectivity index (χ1n) is 2.68. The minimum Gasteiger partial charge on any atom is -0.550 e. The summed E-state index contributed by atoms with van der Waals surface area (Å²) in [5.74, 6) is -2.31. The van der Waals surface area contributed by atoms with Gasteiger partial charge in [-0.25, -0.2) is 4.79 Å². The minimum atomic E-state index is -1.26. The number of halogens is 1. The quantitative estimate of drug-likeness (QED) is 0.533. The third-order valence-electron chi connectivity index (χ3n) is 0.848. The van der Waals surface area contributed by atoms with Crippen LogP contribution in [-0.2, 0) is 14.5 Å². The second-order valence-corrected chi connectivity index (χ2v) is 1.67. The molecule has 0 aromatic rings. The van der Waals surface area contributed by atoms with Crippen molar-refractivity contribution in [1.82, 2.24) is 0 Å². The third kappa shape index (κ3) is 10.9. The van der Waals surface area contributed by atoms with E-state index in [1.54, 1.807) is 0 Å². The summed E-state index contributed by atoms with van der Waals surface area (Å²) in [6, 6.07) is 0. The summed E-state index contributed by atoms with van der Waals surface area (Å²) in [6.07, 6.45) is -0.440. The molecular weight excluding hydrogens is 276 g/mol. The minimum absolute atomic E-state index is 0. The van der Waals surface area contributed by atoms with E-state index in [0.29, 0.717) is 0 Å². The summed E-state index contributed by atoms with van der Waals surface area (Å²) in [5, 5.41) is 9.71. The van der Waals surface area contributed by atoms with Crippen molar-refractivity contribution in [3.63, 3.8) is 0 Å². The van der Waals surface area contributed by atoms with Crippen molar-refractivity contribution >= 4 is 11.9 Å². The van der Waals surface area contributed by atoms with Crippen LogP contribution in [0.25, 0.3) is 0 Å². The van der Waals surface area contributed by atoms with Crippen LogP contribution in [0.1, 0.15) is 19.3 Å². The fourth-order valence-corrected chi connectivity index (χ4v) is 0.416. The number of carbonyl (C=O) groups is 2. The maximum absolute atomic E-state index is 10.9. The van der Waals surface area contributed by atoms with Gasteiger partial charge in [-0.1, -0.05) is 0 Å². The molecular formula is C5H6CsFO4. The molecule has 4 nitrogen and oxygen atoms in total. The molecule has 11 heavy (non-hydrogen) atoms. The predicted octanol–water partition coefficient (Wildman–Crippen LogP) is -3.66. The Bertz CT molecular complexity index is 138. The Labute approximate surface area is 122 Å². The van der Waals surface area contributed by atoms with Crippen LogP contribution in [0.15, 0.2) is 0 Å². The first-order chi connectivity index (χ1) is 4.66. The van der Waals surface area contributed by atoms with Gasteiger partial charge in [0, 0.05) is 16.9 Å². The van der Waals surface area contributed by atoms with Gasteiger partial charge in [-0.05, 0) is 12.8 Å². The van der Waals surface area contributed by atoms with E-state index in [2.05, 4.69) is 4.94 Å². The van der Waals surface area contributed by atoms with Crippen LogP contribution in [0.5, 0.6) is 0 Å². The molecule has 0 radical (unpaired) electrons. The Balaban J connectivity index is 0. The molecule has 0 saturated carbocycles. The van der Waals surface area contributed by atoms with E-state index >= 15 is 0 Å². The Kier molecular flexibility index (Phi) is 11.8. The number of hydrogen-bond donors (Lipinski definition) is 0. The van der Waals surface area contributed by atoms with E-state index < -0.39 is 11.9 Å². The molecule has 0 amide bonds. The second kappa shape index (κ2) is 9.01. The van der Waals surface area contributed by atoms with Crippen LogP contribution in [-0.4, -0.2) is 11.9 Å². The van der Waals surface area contributed by atoms with Gasteiger partial charge in [0.2, 0.25) is 0 Å². The molecule has 0 fully saturated rings. The Morgan fingerprint density at radius 3 is 2.27 bits per heavy atom. The molecule has 58 valence electrons. The molecule has 0 atom stereocenters. The Morgan fingerprint density at radius 1 is 1.36 bits per heavy atom. The summed E-state index contributed by atoms with van der Waals surface area (Å²) in [7, 11) is 0. The molecule has 0 aliphatic carbocycles. The van der Waals surface area contributed by atoms with Crippen molar-refractivity contribution in [3.8, 4) is 0 Å². The standard InChI is InChI=1S/C5H7FO4.Cs/c6-10-5(9)3-1-2-4(7)8;/h1-3H2,(H,7,8);/q;+1/p-1. The molecule has 0 spiro atoms. The number of hydrogen-bond acceptors (Lipinski definition) is 4. The zero-order valence-corrected chi connectivity index (χ0v) is 12.4. The molecule has 0 saturated heterocycles. The van der Waals surface area contributed by atoms with Gasteiger partial charge in [0.15, 0.2) is 0 Å². The number of carboxylic acid groups (broad SMARTS) is 1. The number of rotatable bonds is 4. The Hall–Kier alpha value is 0.922. The van der Waals surface area contributed by atoms with Gasteiger partial charge in [0.05, 0.1) is 0 Å². The number of carbonyl (C=O) groups excluding carboxylic acids is 2. The fourth-order valence-electron chi connectivity index (χ4n) is 0.416. The normalized spacial score (nSPS) is 8.09. The van der Waals surface area contributed by atoms with Crippen LogP contribution < -0.4 is 74.0 Å². The molecule has 0 aromatic heterocycles.